The van der Waals surface area contributed by atoms with Crippen LogP contribution in [0.1, 0.15) is 28.4 Å². The molecule has 0 saturated heterocycles. The monoisotopic (exact) mass is 438 g/mol. The Balaban J connectivity index is 2.08. The van der Waals surface area contributed by atoms with Crippen molar-refractivity contribution in [2.24, 2.45) is 0 Å². The minimum Gasteiger partial charge on any atom is -0.398 e. The molecule has 1 aliphatic heterocycles. The lowest BCUT2D eigenvalue weighted by Gasteiger charge is -2.39. The zero-order valence-electron chi connectivity index (χ0n) is 14.9. The topological polar surface area (TPSA) is 75.2 Å². The van der Waals surface area contributed by atoms with E-state index in [0.29, 0.717) is 29.9 Å². The fourth-order valence-electron chi connectivity index (χ4n) is 3.61. The van der Waals surface area contributed by atoms with E-state index in [1.165, 1.54) is 13.3 Å². The largest absolute Gasteiger partial charge is 0.398 e. The SMILES string of the molecule is COCC(F)(F)CN1CCc2c(ccc(N)c2C=N)C1c1ccc(Br)cn1. The quantitative estimate of drug-likeness (QED) is 0.532. The van der Waals surface area contributed by atoms with Crippen molar-refractivity contribution >= 4 is 27.8 Å². The number of nitrogen functional groups attached to an aromatic ring is 1. The molecule has 8 heteroatoms. The number of hydrogen-bond donors (Lipinski definition) is 2. The number of methoxy groups -OCH3 is 1. The third-order valence-corrected chi connectivity index (χ3v) is 5.17. The number of nitrogens with zero attached hydrogens (tertiary/aromatic N) is 2. The van der Waals surface area contributed by atoms with Crippen LogP contribution in [0.5, 0.6) is 0 Å². The molecule has 2 aromatic rings. The number of halogens is 3. The van der Waals surface area contributed by atoms with Crippen LogP contribution in [0, 0.1) is 5.41 Å². The number of fused-ring (bicyclic) bond motifs is 1. The van der Waals surface area contributed by atoms with Gasteiger partial charge < -0.3 is 15.9 Å². The molecule has 0 amide bonds. The van der Waals surface area contributed by atoms with Gasteiger partial charge in [-0.3, -0.25) is 9.88 Å². The number of nitrogens with one attached hydrogen (secondary N) is 1. The lowest BCUT2D eigenvalue weighted by Crippen LogP contribution is -2.45. The minimum atomic E-state index is -2.97. The van der Waals surface area contributed by atoms with Crippen LogP contribution in [-0.4, -0.2) is 48.8 Å². The van der Waals surface area contributed by atoms with Gasteiger partial charge in [0.25, 0.3) is 5.92 Å². The third-order valence-electron chi connectivity index (χ3n) is 4.70. The molecule has 3 N–H and O–H groups in total. The van der Waals surface area contributed by atoms with Gasteiger partial charge in [0.15, 0.2) is 0 Å². The molecule has 1 aromatic carbocycles. The summed E-state index contributed by atoms with van der Waals surface area (Å²) < 4.78 is 34.1. The van der Waals surface area contributed by atoms with Crippen LogP contribution in [0.25, 0.3) is 0 Å². The van der Waals surface area contributed by atoms with Gasteiger partial charge >= 0.3 is 0 Å². The van der Waals surface area contributed by atoms with Crippen LogP contribution in [0.4, 0.5) is 14.5 Å². The van der Waals surface area contributed by atoms with Crippen molar-refractivity contribution in [1.82, 2.24) is 9.88 Å². The number of benzene rings is 1. The number of aromatic nitrogens is 1. The summed E-state index contributed by atoms with van der Waals surface area (Å²) in [7, 11) is 1.27. The highest BCUT2D eigenvalue weighted by atomic mass is 79.9. The second-order valence-corrected chi connectivity index (χ2v) is 7.51. The van der Waals surface area contributed by atoms with Gasteiger partial charge in [0.1, 0.15) is 6.61 Å². The summed E-state index contributed by atoms with van der Waals surface area (Å²) in [6, 6.07) is 6.81. The highest BCUT2D eigenvalue weighted by Gasteiger charge is 2.38. The first-order valence-corrected chi connectivity index (χ1v) is 9.29. The number of pyridine rings is 1. The Hall–Kier alpha value is -1.90. The number of rotatable bonds is 6. The van der Waals surface area contributed by atoms with Crippen LogP contribution in [0.15, 0.2) is 34.9 Å². The average molecular weight is 439 g/mol. The summed E-state index contributed by atoms with van der Waals surface area (Å²) >= 11 is 3.36. The maximum absolute atomic E-state index is 14.3. The summed E-state index contributed by atoms with van der Waals surface area (Å²) in [4.78, 5) is 6.18. The summed E-state index contributed by atoms with van der Waals surface area (Å²) in [5.41, 5.74) is 9.64. The zero-order valence-corrected chi connectivity index (χ0v) is 16.5. The second-order valence-electron chi connectivity index (χ2n) is 6.59. The van der Waals surface area contributed by atoms with E-state index in [1.54, 1.807) is 17.2 Å². The molecule has 5 nitrogen and oxygen atoms in total. The molecule has 0 radical (unpaired) electrons. The van der Waals surface area contributed by atoms with Crippen molar-refractivity contribution in [1.29, 1.82) is 5.41 Å². The Morgan fingerprint density at radius 2 is 2.19 bits per heavy atom. The van der Waals surface area contributed by atoms with Crippen LogP contribution in [0.2, 0.25) is 0 Å². The van der Waals surface area contributed by atoms with Crippen LogP contribution >= 0.6 is 15.9 Å². The van der Waals surface area contributed by atoms with Gasteiger partial charge in [-0.05, 0) is 51.7 Å². The molecule has 0 bridgehead atoms. The summed E-state index contributed by atoms with van der Waals surface area (Å²) in [6.07, 6.45) is 3.43. The van der Waals surface area contributed by atoms with Gasteiger partial charge in [-0.2, -0.15) is 0 Å². The molecule has 1 aliphatic rings. The van der Waals surface area contributed by atoms with E-state index < -0.39 is 25.1 Å². The van der Waals surface area contributed by atoms with Gasteiger partial charge in [-0.1, -0.05) is 6.07 Å². The van der Waals surface area contributed by atoms with Crippen molar-refractivity contribution in [3.8, 4) is 0 Å². The van der Waals surface area contributed by atoms with E-state index in [4.69, 9.17) is 11.1 Å². The first-order valence-electron chi connectivity index (χ1n) is 8.50. The molecule has 27 heavy (non-hydrogen) atoms. The Morgan fingerprint density at radius 1 is 1.41 bits per heavy atom. The van der Waals surface area contributed by atoms with Crippen LogP contribution in [-0.2, 0) is 11.2 Å². The molecular formula is C19H21BrF2N4O. The first kappa shape index (κ1) is 19.9. The minimum absolute atomic E-state index is 0.416. The van der Waals surface area contributed by atoms with Gasteiger partial charge in [0.05, 0.1) is 18.3 Å². The van der Waals surface area contributed by atoms with Gasteiger partial charge in [-0.25, -0.2) is 8.78 Å². The number of anilines is 1. The van der Waals surface area contributed by atoms with Gasteiger partial charge in [-0.15, -0.1) is 0 Å². The van der Waals surface area contributed by atoms with Gasteiger partial charge in [0.2, 0.25) is 0 Å². The Bertz CT molecular complexity index is 829. The third kappa shape index (κ3) is 4.17. The highest BCUT2D eigenvalue weighted by Crippen LogP contribution is 2.38. The molecular weight excluding hydrogens is 418 g/mol. The number of hydrogen-bond acceptors (Lipinski definition) is 5. The molecule has 0 aliphatic carbocycles. The van der Waals surface area contributed by atoms with E-state index >= 15 is 0 Å². The molecule has 1 unspecified atom stereocenters. The predicted octanol–water partition coefficient (Wildman–Crippen LogP) is 3.65. The normalized spacial score (nSPS) is 17.6. The molecule has 3 rings (SSSR count). The number of nitrogens with two attached hydrogens (primary N) is 1. The fraction of sp³-hybridized carbons (Fsp3) is 0.368. The molecule has 144 valence electrons. The first-order chi connectivity index (χ1) is 12.9. The summed E-state index contributed by atoms with van der Waals surface area (Å²) in [6.45, 7) is -0.656. The van der Waals surface area contributed by atoms with E-state index in [-0.39, 0.29) is 0 Å². The van der Waals surface area contributed by atoms with E-state index in [9.17, 15) is 8.78 Å². The van der Waals surface area contributed by atoms with Crippen molar-refractivity contribution in [3.63, 3.8) is 0 Å². The molecule has 1 atom stereocenters. The highest BCUT2D eigenvalue weighted by molar-refractivity contribution is 9.10. The smallest absolute Gasteiger partial charge is 0.283 e. The Kier molecular flexibility index (Phi) is 5.88. The fourth-order valence-corrected chi connectivity index (χ4v) is 3.84. The maximum Gasteiger partial charge on any atom is 0.283 e. The lowest BCUT2D eigenvalue weighted by molar-refractivity contribution is -0.0895. The molecule has 0 fully saturated rings. The van der Waals surface area contributed by atoms with E-state index in [0.717, 1.165) is 15.6 Å². The standard InChI is InChI=1S/C19H21BrF2N4O/c1-27-11-19(21,22)10-26-7-6-13-14(3-4-16(24)15(13)8-23)18(26)17-5-2-12(20)9-25-17/h2-5,8-9,18,23H,6-7,10-11,24H2,1H3. The Morgan fingerprint density at radius 3 is 2.81 bits per heavy atom. The maximum atomic E-state index is 14.3. The summed E-state index contributed by atoms with van der Waals surface area (Å²) in [5.74, 6) is -2.97. The Labute approximate surface area is 165 Å². The van der Waals surface area contributed by atoms with Crippen molar-refractivity contribution in [2.45, 2.75) is 18.4 Å². The molecule has 0 spiro atoms. The van der Waals surface area contributed by atoms with E-state index in [2.05, 4.69) is 25.7 Å². The zero-order chi connectivity index (χ0) is 19.6. The lowest BCUT2D eigenvalue weighted by atomic mass is 9.86. The van der Waals surface area contributed by atoms with Gasteiger partial charge in [0, 0.05) is 41.8 Å². The predicted molar refractivity (Wildman–Crippen MR) is 105 cm³/mol. The number of ether oxygens (including phenoxy) is 1. The van der Waals surface area contributed by atoms with E-state index in [1.807, 2.05) is 18.2 Å². The van der Waals surface area contributed by atoms with Crippen molar-refractivity contribution in [2.75, 3.05) is 32.5 Å². The van der Waals surface area contributed by atoms with Crippen LogP contribution < -0.4 is 5.73 Å². The second kappa shape index (κ2) is 8.00. The average Bonchev–Trinajstić information content (AvgIpc) is 2.62. The molecule has 0 saturated carbocycles. The van der Waals surface area contributed by atoms with Crippen molar-refractivity contribution < 1.29 is 13.5 Å². The van der Waals surface area contributed by atoms with Crippen molar-refractivity contribution in [3.05, 3.63) is 57.3 Å². The molecule has 2 heterocycles. The summed E-state index contributed by atoms with van der Waals surface area (Å²) in [5, 5.41) is 7.70. The molecule has 1 aromatic heterocycles. The van der Waals surface area contributed by atoms with Crippen LogP contribution in [0.3, 0.4) is 0 Å². The number of alkyl halides is 2.